The summed E-state index contributed by atoms with van der Waals surface area (Å²) >= 11 is 1.20. The number of rotatable bonds is 5. The number of hydrogen-bond donors (Lipinski definition) is 1. The van der Waals surface area contributed by atoms with Gasteiger partial charge in [0.1, 0.15) is 0 Å². The second-order valence-corrected chi connectivity index (χ2v) is 4.67. The largest absolute Gasteiger partial charge is 0.325 e. The molecule has 0 bridgehead atoms. The minimum Gasteiger partial charge on any atom is -0.325 e. The molecule has 2 rings (SSSR count). The lowest BCUT2D eigenvalue weighted by molar-refractivity contribution is -0.384. The number of carbonyl (C=O) groups excluding carboxylic acids is 1. The van der Waals surface area contributed by atoms with E-state index in [1.165, 1.54) is 40.7 Å². The standard InChI is InChI=1S/C10H10N6O3S/c1-15-10(12-13-14-15)20-6-9(17)11-7-2-4-8(5-3-7)16(18)19/h2-5H,6H2,1H3,(H,11,17). The maximum Gasteiger partial charge on any atom is 0.269 e. The summed E-state index contributed by atoms with van der Waals surface area (Å²) in [4.78, 5) is 21.7. The van der Waals surface area contributed by atoms with E-state index in [9.17, 15) is 14.9 Å². The number of non-ortho nitro benzene ring substituents is 1. The van der Waals surface area contributed by atoms with Gasteiger partial charge < -0.3 is 5.32 Å². The third-order valence-electron chi connectivity index (χ3n) is 2.28. The third kappa shape index (κ3) is 3.51. The van der Waals surface area contributed by atoms with E-state index in [2.05, 4.69) is 20.8 Å². The van der Waals surface area contributed by atoms with Crippen molar-refractivity contribution in [1.82, 2.24) is 20.2 Å². The molecule has 0 aliphatic carbocycles. The fraction of sp³-hybridized carbons (Fsp3) is 0.200. The quantitative estimate of drug-likeness (QED) is 0.493. The zero-order valence-electron chi connectivity index (χ0n) is 10.4. The molecule has 1 amide bonds. The Kier molecular flexibility index (Phi) is 4.25. The van der Waals surface area contributed by atoms with Crippen molar-refractivity contribution in [2.45, 2.75) is 5.16 Å². The van der Waals surface area contributed by atoms with E-state index >= 15 is 0 Å². The van der Waals surface area contributed by atoms with Crippen LogP contribution in [0, 0.1) is 10.1 Å². The van der Waals surface area contributed by atoms with Crippen LogP contribution >= 0.6 is 11.8 Å². The molecule has 1 aromatic carbocycles. The van der Waals surface area contributed by atoms with Crippen LogP contribution < -0.4 is 5.32 Å². The van der Waals surface area contributed by atoms with Crippen molar-refractivity contribution in [2.24, 2.45) is 7.05 Å². The Hall–Kier alpha value is -2.49. The van der Waals surface area contributed by atoms with Crippen LogP contribution in [0.2, 0.25) is 0 Å². The molecule has 0 aliphatic rings. The van der Waals surface area contributed by atoms with Gasteiger partial charge in [0.15, 0.2) is 0 Å². The molecule has 0 spiro atoms. The average molecular weight is 294 g/mol. The first-order valence-corrected chi connectivity index (χ1v) is 6.44. The second-order valence-electron chi connectivity index (χ2n) is 3.73. The van der Waals surface area contributed by atoms with Gasteiger partial charge in [0.05, 0.1) is 10.7 Å². The maximum atomic E-state index is 11.7. The van der Waals surface area contributed by atoms with Gasteiger partial charge in [0.2, 0.25) is 11.1 Å². The molecule has 1 heterocycles. The Morgan fingerprint density at radius 2 is 2.15 bits per heavy atom. The molecule has 0 radical (unpaired) electrons. The molecular weight excluding hydrogens is 284 g/mol. The van der Waals surface area contributed by atoms with E-state index in [1.54, 1.807) is 7.05 Å². The summed E-state index contributed by atoms with van der Waals surface area (Å²) in [5, 5.41) is 24.5. The number of aromatic nitrogens is 4. The van der Waals surface area contributed by atoms with Gasteiger partial charge in [-0.15, -0.1) is 5.10 Å². The Morgan fingerprint density at radius 1 is 1.45 bits per heavy atom. The normalized spacial score (nSPS) is 10.2. The minimum absolute atomic E-state index is 0.0254. The predicted molar refractivity (Wildman–Crippen MR) is 71.2 cm³/mol. The molecule has 104 valence electrons. The van der Waals surface area contributed by atoms with Crippen LogP contribution in [0.5, 0.6) is 0 Å². The van der Waals surface area contributed by atoms with Crippen LogP contribution in [0.3, 0.4) is 0 Å². The van der Waals surface area contributed by atoms with Crippen LogP contribution in [-0.2, 0) is 11.8 Å². The number of nitrogens with zero attached hydrogens (tertiary/aromatic N) is 5. The molecule has 20 heavy (non-hydrogen) atoms. The number of thioether (sulfide) groups is 1. The fourth-order valence-electron chi connectivity index (χ4n) is 1.34. The van der Waals surface area contributed by atoms with Crippen molar-refractivity contribution >= 4 is 29.0 Å². The van der Waals surface area contributed by atoms with Crippen LogP contribution in [-0.4, -0.2) is 36.8 Å². The van der Waals surface area contributed by atoms with Gasteiger partial charge in [-0.3, -0.25) is 14.9 Å². The lowest BCUT2D eigenvalue weighted by atomic mass is 10.3. The first-order valence-electron chi connectivity index (χ1n) is 5.46. The summed E-state index contributed by atoms with van der Waals surface area (Å²) in [7, 11) is 1.68. The van der Waals surface area contributed by atoms with Gasteiger partial charge in [-0.2, -0.15) is 0 Å². The SMILES string of the molecule is Cn1nnnc1SCC(=O)Nc1ccc([N+](=O)[O-])cc1. The number of nitro benzene ring substituents is 1. The van der Waals surface area contributed by atoms with Crippen molar-refractivity contribution in [3.8, 4) is 0 Å². The lowest BCUT2D eigenvalue weighted by Gasteiger charge is -2.04. The van der Waals surface area contributed by atoms with Crippen molar-refractivity contribution in [1.29, 1.82) is 0 Å². The molecule has 2 aromatic rings. The maximum absolute atomic E-state index is 11.7. The Labute approximate surface area is 117 Å². The first-order chi connectivity index (χ1) is 9.56. The van der Waals surface area contributed by atoms with Crippen LogP contribution in [0.25, 0.3) is 0 Å². The number of tetrazole rings is 1. The van der Waals surface area contributed by atoms with Gasteiger partial charge in [0.25, 0.3) is 5.69 Å². The van der Waals surface area contributed by atoms with E-state index in [0.717, 1.165) is 0 Å². The van der Waals surface area contributed by atoms with E-state index < -0.39 is 4.92 Å². The lowest BCUT2D eigenvalue weighted by Crippen LogP contribution is -2.14. The number of benzene rings is 1. The van der Waals surface area contributed by atoms with E-state index in [4.69, 9.17) is 0 Å². The summed E-state index contributed by atoms with van der Waals surface area (Å²) < 4.78 is 1.46. The average Bonchev–Trinajstić information content (AvgIpc) is 2.82. The summed E-state index contributed by atoms with van der Waals surface area (Å²) in [6.45, 7) is 0. The number of nitro groups is 1. The van der Waals surface area contributed by atoms with Gasteiger partial charge in [-0.05, 0) is 22.6 Å². The fourth-order valence-corrected chi connectivity index (χ4v) is 1.99. The monoisotopic (exact) mass is 294 g/mol. The highest BCUT2D eigenvalue weighted by atomic mass is 32.2. The van der Waals surface area contributed by atoms with Crippen LogP contribution in [0.1, 0.15) is 0 Å². The number of carbonyl (C=O) groups is 1. The molecule has 0 aliphatic heterocycles. The topological polar surface area (TPSA) is 116 Å². The molecule has 1 N–H and O–H groups in total. The smallest absolute Gasteiger partial charge is 0.269 e. The molecular formula is C10H10N6O3S. The van der Waals surface area contributed by atoms with E-state index in [1.807, 2.05) is 0 Å². The molecule has 10 heteroatoms. The summed E-state index contributed by atoms with van der Waals surface area (Å²) in [6.07, 6.45) is 0. The van der Waals surface area contributed by atoms with Gasteiger partial charge in [-0.25, -0.2) is 4.68 Å². The highest BCUT2D eigenvalue weighted by Gasteiger charge is 2.09. The van der Waals surface area contributed by atoms with Crippen LogP contribution in [0.15, 0.2) is 29.4 Å². The molecule has 1 aromatic heterocycles. The first kappa shape index (κ1) is 13.9. The summed E-state index contributed by atoms with van der Waals surface area (Å²) in [5.74, 6) is -0.0996. The van der Waals surface area contributed by atoms with Crippen molar-refractivity contribution in [3.63, 3.8) is 0 Å². The summed E-state index contributed by atoms with van der Waals surface area (Å²) in [6, 6.07) is 5.61. The van der Waals surface area contributed by atoms with Gasteiger partial charge >= 0.3 is 0 Å². The van der Waals surface area contributed by atoms with Crippen molar-refractivity contribution in [3.05, 3.63) is 34.4 Å². The molecule has 0 saturated heterocycles. The highest BCUT2D eigenvalue weighted by Crippen LogP contribution is 2.17. The van der Waals surface area contributed by atoms with Crippen molar-refractivity contribution < 1.29 is 9.72 Å². The zero-order valence-corrected chi connectivity index (χ0v) is 11.2. The Morgan fingerprint density at radius 3 is 2.70 bits per heavy atom. The zero-order chi connectivity index (χ0) is 14.5. The van der Waals surface area contributed by atoms with Crippen LogP contribution in [0.4, 0.5) is 11.4 Å². The Balaban J connectivity index is 1.88. The molecule has 0 saturated carbocycles. The number of anilines is 1. The third-order valence-corrected chi connectivity index (χ3v) is 3.29. The van der Waals surface area contributed by atoms with Gasteiger partial charge in [0, 0.05) is 24.9 Å². The van der Waals surface area contributed by atoms with Crippen molar-refractivity contribution in [2.75, 3.05) is 11.1 Å². The summed E-state index contributed by atoms with van der Waals surface area (Å²) in [5.41, 5.74) is 0.472. The van der Waals surface area contributed by atoms with E-state index in [0.29, 0.717) is 10.8 Å². The number of nitrogens with one attached hydrogen (secondary N) is 1. The Bertz CT molecular complexity index is 626. The van der Waals surface area contributed by atoms with Gasteiger partial charge in [-0.1, -0.05) is 11.8 Å². The number of hydrogen-bond acceptors (Lipinski definition) is 7. The second kappa shape index (κ2) is 6.10. The van der Waals surface area contributed by atoms with E-state index in [-0.39, 0.29) is 17.3 Å². The molecule has 0 unspecified atom stereocenters. The highest BCUT2D eigenvalue weighted by molar-refractivity contribution is 7.99. The number of amides is 1. The number of aryl methyl sites for hydroxylation is 1. The minimum atomic E-state index is -0.497. The molecule has 0 fully saturated rings. The molecule has 0 atom stereocenters. The molecule has 9 nitrogen and oxygen atoms in total. The predicted octanol–water partition coefficient (Wildman–Crippen LogP) is 0.849.